The topological polar surface area (TPSA) is 85.6 Å². The standard InChI is InChI=1S/C20H21N3O4/c1-13-16(23-19(27-13)14-7-5-4-6-8-14)12-21-20(24)22-15-9-10-17(25-2)18(11-15)26-3/h4-11H,12H2,1-3H3,(H2,21,22,24). The summed E-state index contributed by atoms with van der Waals surface area (Å²) >= 11 is 0. The third kappa shape index (κ3) is 4.38. The molecule has 0 saturated carbocycles. The number of urea groups is 1. The zero-order valence-electron chi connectivity index (χ0n) is 15.4. The van der Waals surface area contributed by atoms with Crippen LogP contribution in [0.1, 0.15) is 11.5 Å². The van der Waals surface area contributed by atoms with E-state index in [1.54, 1.807) is 32.4 Å². The lowest BCUT2D eigenvalue weighted by Crippen LogP contribution is -2.28. The normalized spacial score (nSPS) is 10.3. The molecule has 2 aromatic carbocycles. The Labute approximate surface area is 157 Å². The predicted octanol–water partition coefficient (Wildman–Crippen LogP) is 3.99. The number of benzene rings is 2. The molecule has 0 spiro atoms. The van der Waals surface area contributed by atoms with Crippen LogP contribution in [0, 0.1) is 6.92 Å². The Morgan fingerprint density at radius 1 is 1.07 bits per heavy atom. The molecule has 0 unspecified atom stereocenters. The Kier molecular flexibility index (Phi) is 5.61. The Morgan fingerprint density at radius 3 is 2.52 bits per heavy atom. The van der Waals surface area contributed by atoms with Crippen molar-refractivity contribution in [2.24, 2.45) is 0 Å². The SMILES string of the molecule is COc1ccc(NC(=O)NCc2nc(-c3ccccc3)oc2C)cc1OC. The molecule has 1 aromatic heterocycles. The highest BCUT2D eigenvalue weighted by molar-refractivity contribution is 5.89. The molecule has 7 heteroatoms. The van der Waals surface area contributed by atoms with Crippen LogP contribution in [0.5, 0.6) is 11.5 Å². The van der Waals surface area contributed by atoms with Crippen molar-refractivity contribution in [1.29, 1.82) is 0 Å². The van der Waals surface area contributed by atoms with Gasteiger partial charge in [0.1, 0.15) is 11.5 Å². The van der Waals surface area contributed by atoms with Gasteiger partial charge in [-0.2, -0.15) is 0 Å². The van der Waals surface area contributed by atoms with Crippen molar-refractivity contribution in [2.45, 2.75) is 13.5 Å². The number of oxazole rings is 1. The van der Waals surface area contributed by atoms with E-state index in [0.717, 1.165) is 5.56 Å². The van der Waals surface area contributed by atoms with Gasteiger partial charge in [-0.1, -0.05) is 18.2 Å². The maximum Gasteiger partial charge on any atom is 0.319 e. The minimum atomic E-state index is -0.356. The molecule has 3 rings (SSSR count). The second-order valence-corrected chi connectivity index (χ2v) is 5.77. The van der Waals surface area contributed by atoms with E-state index in [9.17, 15) is 4.79 Å². The number of carbonyl (C=O) groups excluding carboxylic acids is 1. The molecule has 0 aliphatic heterocycles. The summed E-state index contributed by atoms with van der Waals surface area (Å²) in [6.07, 6.45) is 0. The van der Waals surface area contributed by atoms with E-state index in [0.29, 0.717) is 34.5 Å². The molecule has 0 fully saturated rings. The molecule has 2 amide bonds. The number of hydrogen-bond donors (Lipinski definition) is 2. The van der Waals surface area contributed by atoms with E-state index < -0.39 is 0 Å². The van der Waals surface area contributed by atoms with Gasteiger partial charge in [-0.25, -0.2) is 9.78 Å². The highest BCUT2D eigenvalue weighted by Gasteiger charge is 2.13. The van der Waals surface area contributed by atoms with Gasteiger partial charge in [0.15, 0.2) is 11.5 Å². The average Bonchev–Trinajstić information content (AvgIpc) is 3.07. The molecule has 27 heavy (non-hydrogen) atoms. The van der Waals surface area contributed by atoms with Crippen LogP contribution in [0.3, 0.4) is 0 Å². The molecular formula is C20H21N3O4. The Balaban J connectivity index is 1.62. The minimum absolute atomic E-state index is 0.251. The quantitative estimate of drug-likeness (QED) is 0.688. The van der Waals surface area contributed by atoms with Crippen molar-refractivity contribution in [2.75, 3.05) is 19.5 Å². The van der Waals surface area contributed by atoms with Crippen LogP contribution >= 0.6 is 0 Å². The van der Waals surface area contributed by atoms with Gasteiger partial charge in [-0.15, -0.1) is 0 Å². The summed E-state index contributed by atoms with van der Waals surface area (Å²) in [6.45, 7) is 2.07. The molecule has 0 radical (unpaired) electrons. The molecule has 0 aliphatic rings. The maximum atomic E-state index is 12.2. The summed E-state index contributed by atoms with van der Waals surface area (Å²) in [5.74, 6) is 2.33. The summed E-state index contributed by atoms with van der Waals surface area (Å²) in [4.78, 5) is 16.6. The fourth-order valence-corrected chi connectivity index (χ4v) is 2.55. The van der Waals surface area contributed by atoms with Crippen molar-refractivity contribution in [3.63, 3.8) is 0 Å². The van der Waals surface area contributed by atoms with Crippen molar-refractivity contribution in [3.05, 3.63) is 60.0 Å². The number of nitrogens with one attached hydrogen (secondary N) is 2. The van der Waals surface area contributed by atoms with Gasteiger partial charge >= 0.3 is 6.03 Å². The van der Waals surface area contributed by atoms with Gasteiger partial charge in [0.2, 0.25) is 5.89 Å². The Bertz CT molecular complexity index is 922. The number of nitrogens with zero attached hydrogens (tertiary/aromatic N) is 1. The molecule has 0 aliphatic carbocycles. The minimum Gasteiger partial charge on any atom is -0.493 e. The van der Waals surface area contributed by atoms with Gasteiger partial charge in [-0.05, 0) is 31.2 Å². The number of methoxy groups -OCH3 is 2. The van der Waals surface area contributed by atoms with E-state index >= 15 is 0 Å². The van der Waals surface area contributed by atoms with Crippen LogP contribution < -0.4 is 20.1 Å². The third-order valence-corrected chi connectivity index (χ3v) is 3.97. The van der Waals surface area contributed by atoms with Crippen LogP contribution in [0.2, 0.25) is 0 Å². The molecule has 140 valence electrons. The number of amides is 2. The molecular weight excluding hydrogens is 346 g/mol. The fraction of sp³-hybridized carbons (Fsp3) is 0.200. The van der Waals surface area contributed by atoms with Crippen LogP contribution in [-0.4, -0.2) is 25.2 Å². The molecule has 0 atom stereocenters. The largest absolute Gasteiger partial charge is 0.493 e. The van der Waals surface area contributed by atoms with Crippen molar-refractivity contribution >= 4 is 11.7 Å². The first-order valence-electron chi connectivity index (χ1n) is 8.39. The van der Waals surface area contributed by atoms with Crippen molar-refractivity contribution in [1.82, 2.24) is 10.3 Å². The van der Waals surface area contributed by atoms with Crippen molar-refractivity contribution in [3.8, 4) is 23.0 Å². The number of aromatic nitrogens is 1. The molecule has 2 N–H and O–H groups in total. The zero-order chi connectivity index (χ0) is 19.2. The first kappa shape index (κ1) is 18.3. The van der Waals surface area contributed by atoms with E-state index in [1.165, 1.54) is 0 Å². The van der Waals surface area contributed by atoms with E-state index in [-0.39, 0.29) is 12.6 Å². The average molecular weight is 367 g/mol. The maximum absolute atomic E-state index is 12.2. The molecule has 0 bridgehead atoms. The van der Waals surface area contributed by atoms with Gasteiger partial charge in [-0.3, -0.25) is 0 Å². The lowest BCUT2D eigenvalue weighted by atomic mass is 10.2. The smallest absolute Gasteiger partial charge is 0.319 e. The van der Waals surface area contributed by atoms with Gasteiger partial charge in [0, 0.05) is 17.3 Å². The van der Waals surface area contributed by atoms with E-state index in [4.69, 9.17) is 13.9 Å². The number of ether oxygens (including phenoxy) is 2. The molecule has 7 nitrogen and oxygen atoms in total. The highest BCUT2D eigenvalue weighted by Crippen LogP contribution is 2.29. The van der Waals surface area contributed by atoms with E-state index in [1.807, 2.05) is 37.3 Å². The number of aryl methyl sites for hydroxylation is 1. The highest BCUT2D eigenvalue weighted by atomic mass is 16.5. The summed E-state index contributed by atoms with van der Waals surface area (Å²) in [6, 6.07) is 14.4. The monoisotopic (exact) mass is 367 g/mol. The lowest BCUT2D eigenvalue weighted by Gasteiger charge is -2.11. The third-order valence-electron chi connectivity index (χ3n) is 3.97. The van der Waals surface area contributed by atoms with Gasteiger partial charge in [0.05, 0.1) is 20.8 Å². The number of anilines is 1. The van der Waals surface area contributed by atoms with Crippen LogP contribution in [-0.2, 0) is 6.54 Å². The Hall–Kier alpha value is -3.48. The fourth-order valence-electron chi connectivity index (χ4n) is 2.55. The van der Waals surface area contributed by atoms with Crippen LogP contribution in [0.15, 0.2) is 52.9 Å². The number of carbonyl (C=O) groups is 1. The summed E-state index contributed by atoms with van der Waals surface area (Å²) in [5.41, 5.74) is 2.16. The number of hydrogen-bond acceptors (Lipinski definition) is 5. The zero-order valence-corrected chi connectivity index (χ0v) is 15.4. The van der Waals surface area contributed by atoms with E-state index in [2.05, 4.69) is 15.6 Å². The molecule has 1 heterocycles. The first-order chi connectivity index (χ1) is 13.1. The van der Waals surface area contributed by atoms with Gasteiger partial charge < -0.3 is 24.5 Å². The second kappa shape index (κ2) is 8.27. The number of rotatable bonds is 6. The Morgan fingerprint density at radius 2 is 1.81 bits per heavy atom. The molecule has 0 saturated heterocycles. The summed E-state index contributed by atoms with van der Waals surface area (Å²) < 4.78 is 16.1. The van der Waals surface area contributed by atoms with Gasteiger partial charge in [0.25, 0.3) is 0 Å². The first-order valence-corrected chi connectivity index (χ1v) is 8.39. The molecule has 3 aromatic rings. The van der Waals surface area contributed by atoms with Crippen LogP contribution in [0.25, 0.3) is 11.5 Å². The van der Waals surface area contributed by atoms with Crippen molar-refractivity contribution < 1.29 is 18.7 Å². The second-order valence-electron chi connectivity index (χ2n) is 5.77. The van der Waals surface area contributed by atoms with Crippen LogP contribution in [0.4, 0.5) is 10.5 Å². The lowest BCUT2D eigenvalue weighted by molar-refractivity contribution is 0.251. The summed E-state index contributed by atoms with van der Waals surface area (Å²) in [5, 5.41) is 5.53. The summed E-state index contributed by atoms with van der Waals surface area (Å²) in [7, 11) is 3.10. The predicted molar refractivity (Wildman–Crippen MR) is 102 cm³/mol.